The summed E-state index contributed by atoms with van der Waals surface area (Å²) in [5, 5.41) is 12.5. The molecule has 0 fully saturated rings. The zero-order valence-corrected chi connectivity index (χ0v) is 41.5. The van der Waals surface area contributed by atoms with Gasteiger partial charge in [-0.15, -0.1) is 0 Å². The maximum atomic E-state index is 12.5. The summed E-state index contributed by atoms with van der Waals surface area (Å²) in [6.07, 6.45) is 1.88. The van der Waals surface area contributed by atoms with Crippen LogP contribution >= 0.6 is 0 Å². The van der Waals surface area contributed by atoms with Crippen molar-refractivity contribution in [3.05, 3.63) is 192 Å². The number of imidazole rings is 1. The third-order valence-electron chi connectivity index (χ3n) is 13.4. The van der Waals surface area contributed by atoms with Crippen molar-refractivity contribution in [2.45, 2.75) is 105 Å². The van der Waals surface area contributed by atoms with E-state index in [0.717, 1.165) is 94.7 Å². The molecule has 0 spiro atoms. The summed E-state index contributed by atoms with van der Waals surface area (Å²) in [6, 6.07) is 55.3. The number of benzene rings is 7. The fraction of sp³-hybridized carbons (Fsp3) is 0.250. The molecule has 2 aromatic heterocycles. The zero-order valence-electron chi connectivity index (χ0n) is 43.5. The van der Waals surface area contributed by atoms with Crippen LogP contribution in [0.5, 0.6) is 5.75 Å². The van der Waals surface area contributed by atoms with Crippen molar-refractivity contribution in [3.8, 4) is 78.6 Å². The SMILES string of the molecule is [2H]C(C)(C)c1ccc(-c2ccnc(-c3cc(-c4cccc5c4nc(-c4cc(C(C)C)cc(C(C)C)c4O)n5-c4cc(-c5ccccc5)c(C([2H])(C)C)cc4-c4ccccc4)cc(C(C)(C)C)c3)c2)cc1. The summed E-state index contributed by atoms with van der Waals surface area (Å²) < 4.78 is 20.3. The van der Waals surface area contributed by atoms with Gasteiger partial charge in [0, 0.05) is 25.6 Å². The third-order valence-corrected chi connectivity index (χ3v) is 13.4. The highest BCUT2D eigenvalue weighted by atomic mass is 16.3. The van der Waals surface area contributed by atoms with Crippen LogP contribution in [0, 0.1) is 0 Å². The first-order chi connectivity index (χ1) is 33.2. The van der Waals surface area contributed by atoms with Crippen LogP contribution in [0.15, 0.2) is 164 Å². The lowest BCUT2D eigenvalue weighted by Crippen LogP contribution is -2.11. The Morgan fingerprint density at radius 1 is 0.500 bits per heavy atom. The van der Waals surface area contributed by atoms with Crippen molar-refractivity contribution < 1.29 is 7.85 Å². The Morgan fingerprint density at radius 2 is 1.16 bits per heavy atom. The van der Waals surface area contributed by atoms with Crippen LogP contribution in [0.2, 0.25) is 0 Å². The molecule has 0 saturated heterocycles. The molecular weight excluding hydrogens is 827 g/mol. The largest absolute Gasteiger partial charge is 0.507 e. The van der Waals surface area contributed by atoms with Crippen LogP contribution in [0.1, 0.15) is 130 Å². The number of para-hydroxylation sites is 1. The predicted molar refractivity (Wildman–Crippen MR) is 288 cm³/mol. The van der Waals surface area contributed by atoms with Crippen molar-refractivity contribution in [2.75, 3.05) is 0 Å². The number of hydrogen-bond donors (Lipinski definition) is 1. The smallest absolute Gasteiger partial charge is 0.149 e. The summed E-state index contributed by atoms with van der Waals surface area (Å²) in [6.45, 7) is 23.1. The fourth-order valence-electron chi connectivity index (χ4n) is 9.40. The molecule has 0 amide bonds. The second-order valence-electron chi connectivity index (χ2n) is 20.5. The molecule has 1 N–H and O–H groups in total. The van der Waals surface area contributed by atoms with Gasteiger partial charge in [-0.3, -0.25) is 9.55 Å². The molecule has 0 unspecified atom stereocenters. The maximum Gasteiger partial charge on any atom is 0.149 e. The third kappa shape index (κ3) is 8.93. The molecule has 4 heteroatoms. The molecule has 0 aliphatic heterocycles. The Kier molecular flexibility index (Phi) is 11.9. The van der Waals surface area contributed by atoms with Gasteiger partial charge in [-0.25, -0.2) is 4.98 Å². The Hall–Kier alpha value is -7.04. The number of phenols is 1. The van der Waals surface area contributed by atoms with Gasteiger partial charge in [-0.05, 0) is 139 Å². The molecule has 9 aromatic rings. The number of rotatable bonds is 11. The van der Waals surface area contributed by atoms with Gasteiger partial charge in [0.15, 0.2) is 0 Å². The Labute approximate surface area is 407 Å². The van der Waals surface area contributed by atoms with E-state index in [1.807, 2.05) is 64.2 Å². The van der Waals surface area contributed by atoms with E-state index in [1.54, 1.807) is 0 Å². The molecule has 0 bridgehead atoms. The number of nitrogens with zero attached hydrogens (tertiary/aromatic N) is 3. The van der Waals surface area contributed by atoms with Gasteiger partial charge in [0.25, 0.3) is 0 Å². The molecule has 4 nitrogen and oxygen atoms in total. The van der Waals surface area contributed by atoms with Crippen molar-refractivity contribution >= 4 is 11.0 Å². The van der Waals surface area contributed by atoms with Crippen LogP contribution in [-0.4, -0.2) is 19.6 Å². The number of pyridine rings is 1. The van der Waals surface area contributed by atoms with Crippen molar-refractivity contribution in [1.82, 2.24) is 14.5 Å². The molecule has 0 saturated carbocycles. The zero-order chi connectivity index (χ0) is 49.9. The minimum Gasteiger partial charge on any atom is -0.507 e. The molecule has 7 aromatic carbocycles. The average Bonchev–Trinajstić information content (AvgIpc) is 3.72. The molecule has 2 heterocycles. The monoisotopic (exact) mass is 894 g/mol. The lowest BCUT2D eigenvalue weighted by atomic mass is 9.83. The number of aromatic nitrogens is 3. The molecule has 68 heavy (non-hydrogen) atoms. The first-order valence-corrected chi connectivity index (χ1v) is 24.1. The van der Waals surface area contributed by atoms with E-state index in [4.69, 9.17) is 11.3 Å². The fourth-order valence-corrected chi connectivity index (χ4v) is 9.40. The number of hydrogen-bond acceptors (Lipinski definition) is 3. The van der Waals surface area contributed by atoms with Gasteiger partial charge in [0.1, 0.15) is 11.6 Å². The quantitative estimate of drug-likeness (QED) is 0.141. The van der Waals surface area contributed by atoms with Gasteiger partial charge in [-0.2, -0.15) is 0 Å². The second-order valence-corrected chi connectivity index (χ2v) is 20.5. The Balaban J connectivity index is 1.36. The van der Waals surface area contributed by atoms with Crippen LogP contribution < -0.4 is 0 Å². The lowest BCUT2D eigenvalue weighted by Gasteiger charge is -2.23. The summed E-state index contributed by atoms with van der Waals surface area (Å²) in [5.41, 5.74) is 18.1. The number of aromatic hydroxyl groups is 1. The first kappa shape index (κ1) is 43.5. The summed E-state index contributed by atoms with van der Waals surface area (Å²) in [7, 11) is 0. The van der Waals surface area contributed by atoms with Crippen molar-refractivity contribution in [1.29, 1.82) is 0 Å². The molecule has 0 aliphatic carbocycles. The minimum absolute atomic E-state index is 0.0643. The topological polar surface area (TPSA) is 50.9 Å². The Bertz CT molecular complexity index is 3370. The molecule has 0 atom stereocenters. The van der Waals surface area contributed by atoms with Crippen molar-refractivity contribution in [2.24, 2.45) is 0 Å². The number of phenolic OH excluding ortho intramolecular Hbond substituents is 1. The van der Waals surface area contributed by atoms with E-state index < -0.39 is 11.8 Å². The van der Waals surface area contributed by atoms with E-state index in [2.05, 4.69) is 180 Å². The van der Waals surface area contributed by atoms with E-state index >= 15 is 0 Å². The molecule has 9 rings (SSSR count). The normalized spacial score (nSPS) is 12.8. The van der Waals surface area contributed by atoms with Crippen LogP contribution in [0.4, 0.5) is 0 Å². The van der Waals surface area contributed by atoms with Gasteiger partial charge in [0.05, 0.1) is 28.0 Å². The predicted octanol–water partition coefficient (Wildman–Crippen LogP) is 17.9. The Morgan fingerprint density at radius 3 is 1.78 bits per heavy atom. The highest BCUT2D eigenvalue weighted by Crippen LogP contribution is 2.46. The standard InChI is InChI=1S/C64H65N3O/c1-39(2)43-25-27-44(28-26-43)47-29-30-65-58(36-47)50-31-49(32-51(33-50)64(9,10)11)52-23-18-24-59-61(52)66-63(57-35-48(40(3)4)34-54(42(7)8)62(57)68)67(59)60-38-55(45-19-14-12-15-20-45)53(41(5)6)37-56(60)46-21-16-13-17-22-46/h12-42,68H,1-11H3/i39D,41D. The highest BCUT2D eigenvalue weighted by Gasteiger charge is 2.27. The van der Waals surface area contributed by atoms with Crippen LogP contribution in [0.25, 0.3) is 83.9 Å². The van der Waals surface area contributed by atoms with E-state index in [0.29, 0.717) is 11.4 Å². The maximum absolute atomic E-state index is 12.5. The molecular formula is C64H65N3O. The number of fused-ring (bicyclic) bond motifs is 1. The van der Waals surface area contributed by atoms with Gasteiger partial charge in [0.2, 0.25) is 0 Å². The van der Waals surface area contributed by atoms with E-state index in [-0.39, 0.29) is 23.0 Å². The van der Waals surface area contributed by atoms with Crippen LogP contribution in [-0.2, 0) is 5.41 Å². The van der Waals surface area contributed by atoms with Crippen molar-refractivity contribution in [3.63, 3.8) is 0 Å². The summed E-state index contributed by atoms with van der Waals surface area (Å²) >= 11 is 0. The average molecular weight is 894 g/mol. The van der Waals surface area contributed by atoms with Gasteiger partial charge in [-0.1, -0.05) is 185 Å². The van der Waals surface area contributed by atoms with E-state index in [9.17, 15) is 6.48 Å². The molecule has 342 valence electrons. The summed E-state index contributed by atoms with van der Waals surface area (Å²) in [4.78, 5) is 10.7. The first-order valence-electron chi connectivity index (χ1n) is 25.1. The molecule has 0 aliphatic rings. The van der Waals surface area contributed by atoms with E-state index in [1.165, 1.54) is 5.56 Å². The second kappa shape index (κ2) is 18.6. The van der Waals surface area contributed by atoms with Gasteiger partial charge >= 0.3 is 0 Å². The minimum atomic E-state index is -0.926. The van der Waals surface area contributed by atoms with Gasteiger partial charge < -0.3 is 5.11 Å². The highest BCUT2D eigenvalue weighted by molar-refractivity contribution is 5.98. The lowest BCUT2D eigenvalue weighted by molar-refractivity contribution is 0.466. The summed E-state index contributed by atoms with van der Waals surface area (Å²) in [5.74, 6) is -0.472. The van der Waals surface area contributed by atoms with Crippen LogP contribution in [0.3, 0.4) is 0 Å². The molecule has 0 radical (unpaired) electrons.